The van der Waals surface area contributed by atoms with Gasteiger partial charge in [-0.25, -0.2) is 4.68 Å². The molecule has 2 N–H and O–H groups in total. The summed E-state index contributed by atoms with van der Waals surface area (Å²) in [6.45, 7) is 5.44. The molecule has 33 heavy (non-hydrogen) atoms. The van der Waals surface area contributed by atoms with Gasteiger partial charge >= 0.3 is 0 Å². The van der Waals surface area contributed by atoms with E-state index in [0.717, 1.165) is 11.3 Å². The summed E-state index contributed by atoms with van der Waals surface area (Å²) in [4.78, 5) is 25.6. The zero-order valence-electron chi connectivity index (χ0n) is 18.8. The van der Waals surface area contributed by atoms with Crippen LogP contribution in [0.15, 0.2) is 65.2 Å². The van der Waals surface area contributed by atoms with Gasteiger partial charge in [0.15, 0.2) is 0 Å². The number of carbonyl (C=O) groups excluding carboxylic acids is 2. The fraction of sp³-hybridized carbons (Fsp3) is 0.160. The van der Waals surface area contributed by atoms with E-state index >= 15 is 0 Å². The molecule has 2 aromatic carbocycles. The third kappa shape index (κ3) is 4.64. The maximum atomic E-state index is 13.1. The normalized spacial score (nSPS) is 10.7. The van der Waals surface area contributed by atoms with Crippen LogP contribution in [0.25, 0.3) is 16.9 Å². The first-order valence-electron chi connectivity index (χ1n) is 10.3. The number of hydrazine groups is 1. The highest BCUT2D eigenvalue weighted by Crippen LogP contribution is 2.27. The molecule has 8 heteroatoms. The molecule has 4 aromatic rings. The van der Waals surface area contributed by atoms with Crippen LogP contribution in [0.5, 0.6) is 5.75 Å². The maximum absolute atomic E-state index is 13.1. The van der Waals surface area contributed by atoms with Crippen molar-refractivity contribution in [1.29, 1.82) is 0 Å². The molecule has 0 saturated carbocycles. The lowest BCUT2D eigenvalue weighted by atomic mass is 10.1. The highest BCUT2D eigenvalue weighted by Gasteiger charge is 2.21. The highest BCUT2D eigenvalue weighted by molar-refractivity contribution is 6.02. The van der Waals surface area contributed by atoms with Crippen molar-refractivity contribution in [2.24, 2.45) is 0 Å². The number of aromatic nitrogens is 2. The SMILES string of the molecule is COc1cccc(-c2nn(-c3ccc(C)cc3)cc2C(=O)NNC(=O)c2cc(C)oc2C)c1. The molecule has 0 saturated heterocycles. The number of benzene rings is 2. The van der Waals surface area contributed by atoms with Gasteiger partial charge in [0, 0.05) is 11.8 Å². The topological polar surface area (TPSA) is 98.4 Å². The number of aryl methyl sites for hydroxylation is 3. The number of nitrogens with zero attached hydrogens (tertiary/aromatic N) is 2. The Bertz CT molecular complexity index is 1320. The fourth-order valence-corrected chi connectivity index (χ4v) is 3.46. The number of nitrogens with one attached hydrogen (secondary N) is 2. The molecule has 0 aliphatic heterocycles. The molecule has 0 spiro atoms. The van der Waals surface area contributed by atoms with Crippen LogP contribution < -0.4 is 15.6 Å². The van der Waals surface area contributed by atoms with Gasteiger partial charge in [0.1, 0.15) is 23.0 Å². The van der Waals surface area contributed by atoms with E-state index in [1.54, 1.807) is 44.0 Å². The van der Waals surface area contributed by atoms with E-state index in [4.69, 9.17) is 9.15 Å². The largest absolute Gasteiger partial charge is 0.497 e. The molecule has 2 heterocycles. The molecule has 2 aromatic heterocycles. The van der Waals surface area contributed by atoms with E-state index in [1.807, 2.05) is 49.4 Å². The lowest BCUT2D eigenvalue weighted by Gasteiger charge is -2.07. The molecule has 0 radical (unpaired) electrons. The first-order chi connectivity index (χ1) is 15.9. The third-order valence-corrected chi connectivity index (χ3v) is 5.18. The average molecular weight is 444 g/mol. The van der Waals surface area contributed by atoms with Crippen LogP contribution in [-0.4, -0.2) is 28.7 Å². The molecular formula is C25H24N4O4. The van der Waals surface area contributed by atoms with E-state index in [1.165, 1.54) is 0 Å². The van der Waals surface area contributed by atoms with Crippen LogP contribution in [0.3, 0.4) is 0 Å². The summed E-state index contributed by atoms with van der Waals surface area (Å²) in [5.41, 5.74) is 8.66. The maximum Gasteiger partial charge on any atom is 0.273 e. The minimum atomic E-state index is -0.502. The van der Waals surface area contributed by atoms with Crippen molar-refractivity contribution >= 4 is 11.8 Å². The molecule has 0 aliphatic rings. The summed E-state index contributed by atoms with van der Waals surface area (Å²) in [6, 6.07) is 16.7. The van der Waals surface area contributed by atoms with Gasteiger partial charge in [-0.1, -0.05) is 29.8 Å². The first-order valence-corrected chi connectivity index (χ1v) is 10.3. The Morgan fingerprint density at radius 2 is 1.64 bits per heavy atom. The number of hydrogen-bond donors (Lipinski definition) is 2. The minimum absolute atomic E-state index is 0.296. The molecule has 4 rings (SSSR count). The monoisotopic (exact) mass is 444 g/mol. The summed E-state index contributed by atoms with van der Waals surface area (Å²) in [5, 5.41) is 4.65. The summed E-state index contributed by atoms with van der Waals surface area (Å²) in [5.74, 6) is 0.763. The second kappa shape index (κ2) is 9.04. The van der Waals surface area contributed by atoms with Crippen LogP contribution in [0.2, 0.25) is 0 Å². The zero-order chi connectivity index (χ0) is 23.5. The molecule has 0 atom stereocenters. The Kier molecular flexibility index (Phi) is 5.99. The number of amides is 2. The van der Waals surface area contributed by atoms with E-state index in [0.29, 0.717) is 39.7 Å². The van der Waals surface area contributed by atoms with Crippen molar-refractivity contribution in [1.82, 2.24) is 20.6 Å². The summed E-state index contributed by atoms with van der Waals surface area (Å²) < 4.78 is 12.3. The number of hydrogen-bond acceptors (Lipinski definition) is 5. The predicted molar refractivity (Wildman–Crippen MR) is 123 cm³/mol. The molecule has 168 valence electrons. The van der Waals surface area contributed by atoms with Gasteiger partial charge in [-0.3, -0.25) is 20.4 Å². The van der Waals surface area contributed by atoms with Crippen molar-refractivity contribution in [3.8, 4) is 22.7 Å². The molecule has 0 unspecified atom stereocenters. The number of rotatable bonds is 5. The van der Waals surface area contributed by atoms with Gasteiger partial charge in [-0.2, -0.15) is 5.10 Å². The smallest absolute Gasteiger partial charge is 0.273 e. The van der Waals surface area contributed by atoms with E-state index < -0.39 is 11.8 Å². The molecular weight excluding hydrogens is 420 g/mol. The Labute approximate surface area is 191 Å². The molecule has 0 aliphatic carbocycles. The van der Waals surface area contributed by atoms with Crippen LogP contribution in [-0.2, 0) is 0 Å². The number of ether oxygens (including phenoxy) is 1. The second-order valence-corrected chi connectivity index (χ2v) is 7.64. The third-order valence-electron chi connectivity index (χ3n) is 5.18. The van der Waals surface area contributed by atoms with Gasteiger partial charge < -0.3 is 9.15 Å². The average Bonchev–Trinajstić information content (AvgIpc) is 3.41. The van der Waals surface area contributed by atoms with Crippen LogP contribution in [0, 0.1) is 20.8 Å². The Morgan fingerprint density at radius 1 is 0.939 bits per heavy atom. The Balaban J connectivity index is 1.66. The lowest BCUT2D eigenvalue weighted by molar-refractivity contribution is 0.0846. The second-order valence-electron chi connectivity index (χ2n) is 7.64. The van der Waals surface area contributed by atoms with Crippen LogP contribution in [0.1, 0.15) is 37.8 Å². The van der Waals surface area contributed by atoms with Crippen LogP contribution >= 0.6 is 0 Å². The number of carbonyl (C=O) groups is 2. The quantitative estimate of drug-likeness (QED) is 0.451. The lowest BCUT2D eigenvalue weighted by Crippen LogP contribution is -2.41. The van der Waals surface area contributed by atoms with Gasteiger partial charge in [0.25, 0.3) is 11.8 Å². The van der Waals surface area contributed by atoms with E-state index in [-0.39, 0.29) is 0 Å². The fourth-order valence-electron chi connectivity index (χ4n) is 3.46. The summed E-state index contributed by atoms with van der Waals surface area (Å²) >= 11 is 0. The minimum Gasteiger partial charge on any atom is -0.497 e. The van der Waals surface area contributed by atoms with Crippen molar-refractivity contribution < 1.29 is 18.7 Å². The van der Waals surface area contributed by atoms with Gasteiger partial charge in [0.2, 0.25) is 0 Å². The molecule has 2 amide bonds. The molecule has 0 fully saturated rings. The van der Waals surface area contributed by atoms with E-state index in [2.05, 4.69) is 16.0 Å². The number of methoxy groups -OCH3 is 1. The number of furan rings is 1. The Morgan fingerprint density at radius 3 is 2.27 bits per heavy atom. The summed E-state index contributed by atoms with van der Waals surface area (Å²) in [6.07, 6.45) is 1.63. The molecule has 0 bridgehead atoms. The van der Waals surface area contributed by atoms with Gasteiger partial charge in [-0.15, -0.1) is 0 Å². The van der Waals surface area contributed by atoms with Crippen LogP contribution in [0.4, 0.5) is 0 Å². The van der Waals surface area contributed by atoms with Crippen molar-refractivity contribution in [2.45, 2.75) is 20.8 Å². The van der Waals surface area contributed by atoms with Gasteiger partial charge in [-0.05, 0) is 51.1 Å². The molecule has 8 nitrogen and oxygen atoms in total. The van der Waals surface area contributed by atoms with Gasteiger partial charge in [0.05, 0.1) is 23.9 Å². The van der Waals surface area contributed by atoms with E-state index in [9.17, 15) is 9.59 Å². The zero-order valence-corrected chi connectivity index (χ0v) is 18.8. The predicted octanol–water partition coefficient (Wildman–Crippen LogP) is 4.14. The van der Waals surface area contributed by atoms with Crippen molar-refractivity contribution in [3.63, 3.8) is 0 Å². The Hall–Kier alpha value is -4.33. The first kappa shape index (κ1) is 21.9. The van der Waals surface area contributed by atoms with Crippen molar-refractivity contribution in [2.75, 3.05) is 7.11 Å². The highest BCUT2D eigenvalue weighted by atomic mass is 16.5. The van der Waals surface area contributed by atoms with Crippen molar-refractivity contribution in [3.05, 3.63) is 89.0 Å². The standard InChI is InChI=1S/C25H24N4O4/c1-15-8-10-19(11-9-15)29-14-22(23(28-29)18-6-5-7-20(13-18)32-4)25(31)27-26-24(30)21-12-16(2)33-17(21)3/h5-14H,1-4H3,(H,26,30)(H,27,31). The summed E-state index contributed by atoms with van der Waals surface area (Å²) in [7, 11) is 1.58.